The first-order valence-corrected chi connectivity index (χ1v) is 18.1. The van der Waals surface area contributed by atoms with Gasteiger partial charge in [-0.15, -0.1) is 0 Å². The van der Waals surface area contributed by atoms with Crippen molar-refractivity contribution in [3.63, 3.8) is 0 Å². The van der Waals surface area contributed by atoms with Crippen molar-refractivity contribution in [3.8, 4) is 0 Å². The number of aliphatic hydroxyl groups excluding tert-OH is 2. The Labute approximate surface area is 299 Å². The molecule has 14 nitrogen and oxygen atoms in total. The summed E-state index contributed by atoms with van der Waals surface area (Å²) in [4.78, 5) is 24.4. The van der Waals surface area contributed by atoms with E-state index in [0.29, 0.717) is 17.4 Å². The lowest BCUT2D eigenvalue weighted by atomic mass is 9.70. The molecule has 0 aromatic carbocycles. The summed E-state index contributed by atoms with van der Waals surface area (Å²) in [5, 5.41) is 65.5. The molecule has 3 rings (SSSR count). The summed E-state index contributed by atoms with van der Waals surface area (Å²) in [6.07, 6.45) is -2.15. The highest BCUT2D eigenvalue weighted by Crippen LogP contribution is 2.40. The molecule has 2 fully saturated rings. The van der Waals surface area contributed by atoms with Crippen molar-refractivity contribution in [3.05, 3.63) is 16.9 Å². The first-order valence-electron chi connectivity index (χ1n) is 17.3. The number of ether oxygens (including phenoxy) is 3. The summed E-state index contributed by atoms with van der Waals surface area (Å²) in [5.74, 6) is -3.11. The molecule has 0 aliphatic carbocycles. The maximum absolute atomic E-state index is 14.0. The number of esters is 1. The Kier molecular flexibility index (Phi) is 14.4. The van der Waals surface area contributed by atoms with Crippen LogP contribution in [0.15, 0.2) is 16.9 Å². The van der Waals surface area contributed by atoms with Crippen LogP contribution in [0, 0.1) is 17.8 Å². The zero-order chi connectivity index (χ0) is 37.1. The van der Waals surface area contributed by atoms with Gasteiger partial charge in [0, 0.05) is 36.9 Å². The number of anilines is 1. The molecule has 15 heteroatoms. The SMILES string of the molecule is CC[C@H]1OC(=O)C(C)[C@@](O)(CNc2ncc(Br)cn2)[C@H](C)[C@@H](O[C@@H]2O[C@H](C)C[C@H](N(C)C)[C@H]2O)[C@@](C)(O)C[C@@H](C)CN[C@H](C)[C@@H](O)[C@]1(C)O. The predicted octanol–water partition coefficient (Wildman–Crippen LogP) is 1.67. The second-order valence-corrected chi connectivity index (χ2v) is 16.0. The molecule has 0 radical (unpaired) electrons. The minimum Gasteiger partial charge on any atom is -0.459 e. The number of hydrogen-bond acceptors (Lipinski definition) is 14. The fourth-order valence-electron chi connectivity index (χ4n) is 7.35. The van der Waals surface area contributed by atoms with Crippen LogP contribution in [-0.2, 0) is 19.0 Å². The topological polar surface area (TPSA) is 199 Å². The van der Waals surface area contributed by atoms with Crippen LogP contribution in [0.1, 0.15) is 74.7 Å². The van der Waals surface area contributed by atoms with Gasteiger partial charge in [-0.05, 0) is 96.4 Å². The van der Waals surface area contributed by atoms with E-state index in [9.17, 15) is 30.3 Å². The standard InChI is InChI=1S/C34H60BrN5O9/c1-11-25-33(8,45)27(42)22(6)36-14-18(2)13-32(7,44)28(49-30-26(41)24(40(9)10)12-19(3)47-30)20(4)34(46,21(5)29(43)48-25)17-39-31-37-15-23(35)16-38-31/h15-16,18-22,24-28,30,36,41-42,44-46H,11-14,17H2,1-10H3,(H,37,38,39)/t18-,19-,20-,21?,22-,24+,25-,26-,27-,28-,30+,32+,33-,34-/m1/s1. The van der Waals surface area contributed by atoms with E-state index in [0.717, 1.165) is 0 Å². The lowest BCUT2D eigenvalue weighted by Crippen LogP contribution is -2.63. The van der Waals surface area contributed by atoms with E-state index < -0.39 is 71.4 Å². The molecule has 0 bridgehead atoms. The molecule has 3 heterocycles. The summed E-state index contributed by atoms with van der Waals surface area (Å²) in [7, 11) is 3.72. The number of likely N-dealkylation sites (N-methyl/N-ethyl adjacent to an activating group) is 1. The molecule has 2 aliphatic heterocycles. The van der Waals surface area contributed by atoms with Crippen LogP contribution in [0.25, 0.3) is 0 Å². The number of aliphatic hydroxyl groups is 5. The molecular formula is C34H60BrN5O9. The maximum atomic E-state index is 14.0. The molecular weight excluding hydrogens is 702 g/mol. The number of carbonyl (C=O) groups is 1. The van der Waals surface area contributed by atoms with Crippen LogP contribution in [0.4, 0.5) is 5.95 Å². The van der Waals surface area contributed by atoms with Crippen LogP contribution in [0.2, 0.25) is 0 Å². The minimum absolute atomic E-state index is 0.166. The molecule has 1 aromatic rings. The molecule has 2 aliphatic rings. The van der Waals surface area contributed by atoms with E-state index in [1.807, 2.05) is 32.8 Å². The van der Waals surface area contributed by atoms with E-state index >= 15 is 0 Å². The lowest BCUT2D eigenvalue weighted by Gasteiger charge is -2.49. The van der Waals surface area contributed by atoms with Crippen molar-refractivity contribution in [1.29, 1.82) is 0 Å². The summed E-state index contributed by atoms with van der Waals surface area (Å²) in [5.41, 5.74) is -5.46. The van der Waals surface area contributed by atoms with E-state index in [2.05, 4.69) is 36.5 Å². The third-order valence-corrected chi connectivity index (χ3v) is 11.0. The predicted molar refractivity (Wildman–Crippen MR) is 187 cm³/mol. The summed E-state index contributed by atoms with van der Waals surface area (Å²) in [6.45, 7) is 13.6. The number of hydrogen-bond donors (Lipinski definition) is 7. The van der Waals surface area contributed by atoms with Gasteiger partial charge >= 0.3 is 5.97 Å². The monoisotopic (exact) mass is 761 g/mol. The molecule has 7 N–H and O–H groups in total. The smallest absolute Gasteiger partial charge is 0.312 e. The molecule has 0 amide bonds. The van der Waals surface area contributed by atoms with Gasteiger partial charge in [0.1, 0.15) is 29.5 Å². The number of cyclic esters (lactones) is 1. The maximum Gasteiger partial charge on any atom is 0.312 e. The van der Waals surface area contributed by atoms with Crippen LogP contribution >= 0.6 is 15.9 Å². The Morgan fingerprint density at radius 3 is 2.29 bits per heavy atom. The molecule has 1 unspecified atom stereocenters. The van der Waals surface area contributed by atoms with E-state index in [-0.39, 0.29) is 43.4 Å². The van der Waals surface area contributed by atoms with E-state index in [1.54, 1.807) is 27.7 Å². The fourth-order valence-corrected chi connectivity index (χ4v) is 7.55. The van der Waals surface area contributed by atoms with Crippen molar-refractivity contribution in [2.75, 3.05) is 32.5 Å². The second-order valence-electron chi connectivity index (χ2n) is 15.1. The average Bonchev–Trinajstić information content (AvgIpc) is 3.03. The largest absolute Gasteiger partial charge is 0.459 e. The Morgan fingerprint density at radius 2 is 1.71 bits per heavy atom. The molecule has 0 spiro atoms. The minimum atomic E-state index is -1.99. The highest BCUT2D eigenvalue weighted by Gasteiger charge is 2.55. The van der Waals surface area contributed by atoms with Crippen molar-refractivity contribution in [1.82, 2.24) is 20.2 Å². The quantitative estimate of drug-likeness (QED) is 0.198. The second kappa shape index (κ2) is 16.9. The number of aromatic nitrogens is 2. The van der Waals surface area contributed by atoms with Gasteiger partial charge < -0.3 is 55.3 Å². The first-order chi connectivity index (χ1) is 22.6. The first kappa shape index (κ1) is 41.9. The van der Waals surface area contributed by atoms with Crippen molar-refractivity contribution < 1.29 is 44.5 Å². The summed E-state index contributed by atoms with van der Waals surface area (Å²) >= 11 is 3.32. The van der Waals surface area contributed by atoms with Crippen molar-refractivity contribution in [2.24, 2.45) is 17.8 Å². The average molecular weight is 763 g/mol. The van der Waals surface area contributed by atoms with Gasteiger partial charge in [0.05, 0.1) is 28.2 Å². The Morgan fingerprint density at radius 1 is 1.10 bits per heavy atom. The Bertz CT molecular complexity index is 1210. The third kappa shape index (κ3) is 9.87. The van der Waals surface area contributed by atoms with Gasteiger partial charge in [0.15, 0.2) is 6.29 Å². The van der Waals surface area contributed by atoms with Gasteiger partial charge in [0.25, 0.3) is 0 Å². The van der Waals surface area contributed by atoms with Gasteiger partial charge in [-0.2, -0.15) is 0 Å². The van der Waals surface area contributed by atoms with E-state index in [1.165, 1.54) is 26.2 Å². The van der Waals surface area contributed by atoms with Crippen molar-refractivity contribution >= 4 is 27.8 Å². The molecule has 282 valence electrons. The summed E-state index contributed by atoms with van der Waals surface area (Å²) in [6, 6.07) is -0.902. The normalized spacial score (nSPS) is 43.4. The van der Waals surface area contributed by atoms with Gasteiger partial charge in [-0.3, -0.25) is 4.79 Å². The van der Waals surface area contributed by atoms with E-state index in [4.69, 9.17) is 14.2 Å². The number of halogens is 1. The highest BCUT2D eigenvalue weighted by atomic mass is 79.9. The molecule has 2 saturated heterocycles. The highest BCUT2D eigenvalue weighted by molar-refractivity contribution is 9.10. The van der Waals surface area contributed by atoms with Gasteiger partial charge in [-0.1, -0.05) is 20.8 Å². The fraction of sp³-hybridized carbons (Fsp3) is 0.853. The Balaban J connectivity index is 2.16. The molecule has 0 saturated carbocycles. The zero-order valence-electron chi connectivity index (χ0n) is 30.6. The zero-order valence-corrected chi connectivity index (χ0v) is 32.2. The number of carbonyl (C=O) groups excluding carboxylic acids is 1. The van der Waals surface area contributed by atoms with Crippen LogP contribution in [0.3, 0.4) is 0 Å². The third-order valence-electron chi connectivity index (χ3n) is 10.6. The number of nitrogens with one attached hydrogen (secondary N) is 2. The van der Waals surface area contributed by atoms with Crippen molar-refractivity contribution in [2.45, 2.75) is 140 Å². The Hall–Kier alpha value is -1.53. The van der Waals surface area contributed by atoms with Gasteiger partial charge in [-0.25, -0.2) is 9.97 Å². The number of nitrogens with zero attached hydrogens (tertiary/aromatic N) is 3. The summed E-state index contributed by atoms with van der Waals surface area (Å²) < 4.78 is 19.2. The molecule has 49 heavy (non-hydrogen) atoms. The lowest BCUT2D eigenvalue weighted by molar-refractivity contribution is -0.303. The molecule has 14 atom stereocenters. The van der Waals surface area contributed by atoms with Crippen LogP contribution in [0.5, 0.6) is 0 Å². The molecule has 1 aromatic heterocycles. The van der Waals surface area contributed by atoms with Crippen LogP contribution < -0.4 is 10.6 Å². The number of rotatable bonds is 7. The van der Waals surface area contributed by atoms with Gasteiger partial charge in [0.2, 0.25) is 5.95 Å². The van der Waals surface area contributed by atoms with Crippen LogP contribution in [-0.4, -0.2) is 139 Å².